The van der Waals surface area contributed by atoms with Crippen molar-refractivity contribution >= 4 is 32.5 Å². The van der Waals surface area contributed by atoms with Gasteiger partial charge in [0.1, 0.15) is 5.56 Å². The molecule has 0 bridgehead atoms. The van der Waals surface area contributed by atoms with Crippen molar-refractivity contribution in [3.05, 3.63) is 69.5 Å². The number of rotatable bonds is 8. The number of fused-ring (bicyclic) bond motifs is 1. The lowest BCUT2D eigenvalue weighted by atomic mass is 10.1. The number of aromatic nitrogens is 1. The van der Waals surface area contributed by atoms with Gasteiger partial charge >= 0.3 is 0 Å². The number of aryl methyl sites for hydroxylation is 2. The molecule has 1 heterocycles. The van der Waals surface area contributed by atoms with E-state index in [0.29, 0.717) is 11.2 Å². The topological polar surface area (TPSA) is 127 Å². The van der Waals surface area contributed by atoms with E-state index in [1.54, 1.807) is 19.1 Å². The third-order valence-electron chi connectivity index (χ3n) is 4.99. The monoisotopic (exact) mass is 459 g/mol. The second-order valence-electron chi connectivity index (χ2n) is 7.27. The van der Waals surface area contributed by atoms with Crippen LogP contribution in [0.15, 0.2) is 52.3 Å². The number of carbonyl (C=O) groups is 1. The Kier molecular flexibility index (Phi) is 6.97. The summed E-state index contributed by atoms with van der Waals surface area (Å²) in [5.74, 6) is -0.631. The van der Waals surface area contributed by atoms with Crippen molar-refractivity contribution in [3.8, 4) is 0 Å². The molecule has 1 aromatic heterocycles. The third kappa shape index (κ3) is 4.98. The van der Waals surface area contributed by atoms with Crippen molar-refractivity contribution in [2.75, 3.05) is 25.5 Å². The molecule has 10 heteroatoms. The molecule has 0 unspecified atom stereocenters. The van der Waals surface area contributed by atoms with Crippen LogP contribution in [0.3, 0.4) is 0 Å². The van der Waals surface area contributed by atoms with Gasteiger partial charge in [-0.15, -0.1) is 0 Å². The molecule has 0 aliphatic carbocycles. The SMILES string of the molecule is COC(CNC(=O)c1c[nH]c2ccc(S(=O)(=O)Nc3ccc(C)cc3C)cc2c1=O)OC. The molecule has 2 aromatic carbocycles. The summed E-state index contributed by atoms with van der Waals surface area (Å²) >= 11 is 0. The molecule has 0 atom stereocenters. The van der Waals surface area contributed by atoms with Crippen LogP contribution >= 0.6 is 0 Å². The van der Waals surface area contributed by atoms with Gasteiger partial charge in [-0.2, -0.15) is 0 Å². The summed E-state index contributed by atoms with van der Waals surface area (Å²) in [6, 6.07) is 9.49. The molecule has 0 spiro atoms. The Morgan fingerprint density at radius 3 is 2.47 bits per heavy atom. The molecule has 170 valence electrons. The molecule has 32 heavy (non-hydrogen) atoms. The van der Waals surface area contributed by atoms with Crippen LogP contribution in [0.4, 0.5) is 5.69 Å². The molecular formula is C22H25N3O6S. The van der Waals surface area contributed by atoms with Crippen LogP contribution in [0.5, 0.6) is 0 Å². The first-order valence-corrected chi connectivity index (χ1v) is 11.2. The molecule has 9 nitrogen and oxygen atoms in total. The Morgan fingerprint density at radius 1 is 1.09 bits per heavy atom. The van der Waals surface area contributed by atoms with Gasteiger partial charge in [-0.3, -0.25) is 14.3 Å². The number of methoxy groups -OCH3 is 2. The van der Waals surface area contributed by atoms with Crippen LogP contribution < -0.4 is 15.5 Å². The lowest BCUT2D eigenvalue weighted by Gasteiger charge is -2.14. The zero-order valence-electron chi connectivity index (χ0n) is 18.2. The van der Waals surface area contributed by atoms with E-state index in [1.165, 1.54) is 38.6 Å². The Balaban J connectivity index is 1.94. The summed E-state index contributed by atoms with van der Waals surface area (Å²) in [6.45, 7) is 3.76. The molecule has 0 aliphatic rings. The first kappa shape index (κ1) is 23.5. The fourth-order valence-corrected chi connectivity index (χ4v) is 4.36. The van der Waals surface area contributed by atoms with Gasteiger partial charge in [-0.1, -0.05) is 17.7 Å². The average Bonchev–Trinajstić information content (AvgIpc) is 2.76. The lowest BCUT2D eigenvalue weighted by Crippen LogP contribution is -2.36. The van der Waals surface area contributed by atoms with Crippen molar-refractivity contribution < 1.29 is 22.7 Å². The second-order valence-corrected chi connectivity index (χ2v) is 8.96. The van der Waals surface area contributed by atoms with Crippen molar-refractivity contribution in [2.24, 2.45) is 0 Å². The summed E-state index contributed by atoms with van der Waals surface area (Å²) in [6.07, 6.45) is 0.628. The number of hydrogen-bond acceptors (Lipinski definition) is 6. The van der Waals surface area contributed by atoms with Crippen molar-refractivity contribution in [3.63, 3.8) is 0 Å². The highest BCUT2D eigenvalue weighted by Gasteiger charge is 2.19. The molecule has 0 fully saturated rings. The number of nitrogens with one attached hydrogen (secondary N) is 3. The van der Waals surface area contributed by atoms with Gasteiger partial charge in [0.25, 0.3) is 15.9 Å². The number of benzene rings is 2. The molecule has 3 aromatic rings. The molecule has 1 amide bonds. The molecule has 3 N–H and O–H groups in total. The molecule has 0 saturated heterocycles. The van der Waals surface area contributed by atoms with Crippen LogP contribution in [0.2, 0.25) is 0 Å². The number of aromatic amines is 1. The maximum atomic E-state index is 12.9. The Morgan fingerprint density at radius 2 is 1.81 bits per heavy atom. The Bertz CT molecular complexity index is 1310. The quantitative estimate of drug-likeness (QED) is 0.444. The highest BCUT2D eigenvalue weighted by atomic mass is 32.2. The normalized spacial score (nSPS) is 11.7. The summed E-state index contributed by atoms with van der Waals surface area (Å²) in [7, 11) is -1.10. The minimum absolute atomic E-state index is 0.0392. The number of amides is 1. The standard InChI is InChI=1S/C22H25N3O6S/c1-13-5-7-18(14(2)9-13)25-32(28,29)15-6-8-19-16(10-15)21(26)17(11-23-19)22(27)24-12-20(30-3)31-4/h5-11,20,25H,12H2,1-4H3,(H,23,26)(H,24,27). The maximum absolute atomic E-state index is 12.9. The molecule has 0 radical (unpaired) electrons. The summed E-state index contributed by atoms with van der Waals surface area (Å²) in [5.41, 5.74) is 1.89. The van der Waals surface area contributed by atoms with E-state index in [9.17, 15) is 18.0 Å². The highest BCUT2D eigenvalue weighted by molar-refractivity contribution is 7.92. The minimum atomic E-state index is -3.95. The Labute approximate surface area is 185 Å². The predicted octanol–water partition coefficient (Wildman–Crippen LogP) is 2.29. The van der Waals surface area contributed by atoms with E-state index < -0.39 is 27.6 Å². The van der Waals surface area contributed by atoms with E-state index in [2.05, 4.69) is 15.0 Å². The number of ether oxygens (including phenoxy) is 2. The average molecular weight is 460 g/mol. The molecular weight excluding hydrogens is 434 g/mol. The number of sulfonamides is 1. The summed E-state index contributed by atoms with van der Waals surface area (Å²) in [5, 5.41) is 2.63. The van der Waals surface area contributed by atoms with Gasteiger partial charge in [0.2, 0.25) is 5.43 Å². The van der Waals surface area contributed by atoms with Crippen LogP contribution in [0.1, 0.15) is 21.5 Å². The fourth-order valence-electron chi connectivity index (χ4n) is 3.20. The van der Waals surface area contributed by atoms with Crippen molar-refractivity contribution in [2.45, 2.75) is 25.0 Å². The molecule has 3 rings (SSSR count). The third-order valence-corrected chi connectivity index (χ3v) is 6.35. The van der Waals surface area contributed by atoms with Gasteiger partial charge in [0, 0.05) is 31.3 Å². The number of pyridine rings is 1. The number of H-pyrrole nitrogens is 1. The van der Waals surface area contributed by atoms with Gasteiger partial charge in [0.05, 0.1) is 17.1 Å². The predicted molar refractivity (Wildman–Crippen MR) is 121 cm³/mol. The lowest BCUT2D eigenvalue weighted by molar-refractivity contribution is -0.0974. The fraction of sp³-hybridized carbons (Fsp3) is 0.273. The van der Waals surface area contributed by atoms with Gasteiger partial charge in [-0.05, 0) is 43.7 Å². The van der Waals surface area contributed by atoms with Gasteiger partial charge < -0.3 is 19.8 Å². The zero-order chi connectivity index (χ0) is 23.5. The second kappa shape index (κ2) is 9.51. The van der Waals surface area contributed by atoms with Gasteiger partial charge in [-0.25, -0.2) is 8.42 Å². The van der Waals surface area contributed by atoms with Crippen molar-refractivity contribution in [1.82, 2.24) is 10.3 Å². The summed E-state index contributed by atoms with van der Waals surface area (Å²) < 4.78 is 38.4. The van der Waals surface area contributed by atoms with E-state index in [0.717, 1.165) is 11.1 Å². The van der Waals surface area contributed by atoms with E-state index >= 15 is 0 Å². The van der Waals surface area contributed by atoms with Crippen LogP contribution in [-0.4, -0.2) is 46.4 Å². The number of hydrogen-bond donors (Lipinski definition) is 3. The Hall–Kier alpha value is -3.21. The molecule has 0 saturated carbocycles. The largest absolute Gasteiger partial charge is 0.360 e. The van der Waals surface area contributed by atoms with Crippen LogP contribution in [-0.2, 0) is 19.5 Å². The van der Waals surface area contributed by atoms with Crippen molar-refractivity contribution in [1.29, 1.82) is 0 Å². The highest BCUT2D eigenvalue weighted by Crippen LogP contribution is 2.22. The van der Waals surface area contributed by atoms with E-state index in [1.807, 2.05) is 13.0 Å². The minimum Gasteiger partial charge on any atom is -0.360 e. The number of anilines is 1. The molecule has 0 aliphatic heterocycles. The van der Waals surface area contributed by atoms with Gasteiger partial charge in [0.15, 0.2) is 6.29 Å². The smallest absolute Gasteiger partial charge is 0.261 e. The first-order chi connectivity index (χ1) is 15.2. The number of carbonyl (C=O) groups excluding carboxylic acids is 1. The van der Waals surface area contributed by atoms with E-state index in [4.69, 9.17) is 9.47 Å². The zero-order valence-corrected chi connectivity index (χ0v) is 19.0. The first-order valence-electron chi connectivity index (χ1n) is 9.75. The van der Waals surface area contributed by atoms with E-state index in [-0.39, 0.29) is 22.4 Å². The van der Waals surface area contributed by atoms with Crippen LogP contribution in [0.25, 0.3) is 10.9 Å². The maximum Gasteiger partial charge on any atom is 0.261 e. The van der Waals surface area contributed by atoms with Crippen LogP contribution in [0, 0.1) is 13.8 Å². The summed E-state index contributed by atoms with van der Waals surface area (Å²) in [4.78, 5) is 28.2.